The number of alkyl halides is 1. The molecule has 1 unspecified atom stereocenters. The highest BCUT2D eigenvalue weighted by atomic mass is 79.9. The van der Waals surface area contributed by atoms with Crippen LogP contribution in [-0.2, 0) is 10.0 Å². The van der Waals surface area contributed by atoms with E-state index in [4.69, 9.17) is 11.6 Å². The monoisotopic (exact) mass is 331 g/mol. The lowest BCUT2D eigenvalue weighted by Gasteiger charge is -2.17. The van der Waals surface area contributed by atoms with Crippen LogP contribution >= 0.6 is 38.9 Å². The van der Waals surface area contributed by atoms with Crippen LogP contribution in [0, 0.1) is 0 Å². The van der Waals surface area contributed by atoms with Crippen LogP contribution < -0.4 is 0 Å². The van der Waals surface area contributed by atoms with E-state index in [2.05, 4.69) is 15.9 Å². The summed E-state index contributed by atoms with van der Waals surface area (Å²) in [6.07, 6.45) is 0. The number of rotatable bonds is 4. The fourth-order valence-electron chi connectivity index (χ4n) is 1.06. The number of hydrogen-bond acceptors (Lipinski definition) is 3. The molecule has 0 aliphatic heterocycles. The lowest BCUT2D eigenvalue weighted by atomic mass is 10.5. The highest BCUT2D eigenvalue weighted by molar-refractivity contribution is 9.10. The van der Waals surface area contributed by atoms with Gasteiger partial charge in [0.25, 0.3) is 10.0 Å². The molecule has 1 atom stereocenters. The number of nitrogens with zero attached hydrogens (tertiary/aromatic N) is 1. The predicted octanol–water partition coefficient (Wildman–Crippen LogP) is 2.76. The van der Waals surface area contributed by atoms with Gasteiger partial charge in [-0.2, -0.15) is 4.31 Å². The molecule has 0 aromatic carbocycles. The first-order chi connectivity index (χ1) is 6.85. The first kappa shape index (κ1) is 13.4. The van der Waals surface area contributed by atoms with E-state index in [9.17, 15) is 8.42 Å². The Labute approximate surface area is 107 Å². The Kier molecular flexibility index (Phi) is 4.61. The minimum atomic E-state index is -3.40. The van der Waals surface area contributed by atoms with Gasteiger partial charge in [0, 0.05) is 23.4 Å². The minimum Gasteiger partial charge on any atom is -0.206 e. The zero-order chi connectivity index (χ0) is 11.6. The fraction of sp³-hybridized carbons (Fsp3) is 0.500. The molecule has 0 aliphatic carbocycles. The standard InChI is InChI=1S/C8H11BrClNO2S2/c1-6(10)5-11(2)15(12,13)8-7(9)3-4-14-8/h3-4,6H,5H2,1-2H3. The third kappa shape index (κ3) is 3.17. The average molecular weight is 333 g/mol. The van der Waals surface area contributed by atoms with Crippen molar-refractivity contribution in [1.82, 2.24) is 4.31 Å². The van der Waals surface area contributed by atoms with Crippen molar-refractivity contribution in [3.8, 4) is 0 Å². The Balaban J connectivity index is 2.99. The summed E-state index contributed by atoms with van der Waals surface area (Å²) in [7, 11) is -1.87. The molecule has 15 heavy (non-hydrogen) atoms. The molecule has 1 heterocycles. The molecule has 0 aliphatic rings. The smallest absolute Gasteiger partial charge is 0.206 e. The van der Waals surface area contributed by atoms with Crippen LogP contribution in [0.1, 0.15) is 6.92 Å². The minimum absolute atomic E-state index is 0.205. The van der Waals surface area contributed by atoms with Crippen LogP contribution in [0.15, 0.2) is 20.1 Å². The molecule has 1 aromatic rings. The highest BCUT2D eigenvalue weighted by Crippen LogP contribution is 2.29. The Hall–Kier alpha value is 0.380. The fourth-order valence-corrected chi connectivity index (χ4v) is 5.11. The van der Waals surface area contributed by atoms with Crippen molar-refractivity contribution in [3.63, 3.8) is 0 Å². The van der Waals surface area contributed by atoms with E-state index >= 15 is 0 Å². The average Bonchev–Trinajstić information content (AvgIpc) is 2.50. The summed E-state index contributed by atoms with van der Waals surface area (Å²) >= 11 is 10.2. The van der Waals surface area contributed by atoms with Crippen LogP contribution in [0.5, 0.6) is 0 Å². The van der Waals surface area contributed by atoms with Gasteiger partial charge in [-0.15, -0.1) is 22.9 Å². The van der Waals surface area contributed by atoms with Gasteiger partial charge in [0.15, 0.2) is 0 Å². The van der Waals surface area contributed by atoms with E-state index < -0.39 is 10.0 Å². The highest BCUT2D eigenvalue weighted by Gasteiger charge is 2.25. The number of halogens is 2. The van der Waals surface area contributed by atoms with Gasteiger partial charge in [-0.25, -0.2) is 8.42 Å². The summed E-state index contributed by atoms with van der Waals surface area (Å²) in [6, 6.07) is 1.72. The van der Waals surface area contributed by atoms with E-state index in [-0.39, 0.29) is 5.38 Å². The van der Waals surface area contributed by atoms with Crippen molar-refractivity contribution in [3.05, 3.63) is 15.9 Å². The number of hydrogen-bond donors (Lipinski definition) is 0. The molecular formula is C8H11BrClNO2S2. The lowest BCUT2D eigenvalue weighted by Crippen LogP contribution is -2.31. The molecule has 0 amide bonds. The van der Waals surface area contributed by atoms with Gasteiger partial charge in [-0.05, 0) is 34.3 Å². The van der Waals surface area contributed by atoms with Crippen LogP contribution in [-0.4, -0.2) is 31.7 Å². The molecule has 0 saturated heterocycles. The van der Waals surface area contributed by atoms with Crippen molar-refractivity contribution in [1.29, 1.82) is 0 Å². The molecule has 1 aromatic heterocycles. The van der Waals surface area contributed by atoms with E-state index in [1.54, 1.807) is 18.4 Å². The quantitative estimate of drug-likeness (QED) is 0.795. The normalized spacial score (nSPS) is 14.5. The summed E-state index contributed by atoms with van der Waals surface area (Å²) in [5.74, 6) is 0. The van der Waals surface area contributed by atoms with Gasteiger partial charge in [0.2, 0.25) is 0 Å². The summed E-state index contributed by atoms with van der Waals surface area (Å²) in [5, 5.41) is 1.53. The van der Waals surface area contributed by atoms with E-state index in [0.29, 0.717) is 15.2 Å². The Morgan fingerprint density at radius 1 is 1.67 bits per heavy atom. The Bertz CT molecular complexity index is 430. The first-order valence-corrected chi connectivity index (χ1v) is 7.74. The summed E-state index contributed by atoms with van der Waals surface area (Å²) in [6.45, 7) is 2.06. The van der Waals surface area contributed by atoms with E-state index in [1.807, 2.05) is 0 Å². The molecule has 0 spiro atoms. The SMILES string of the molecule is CC(Cl)CN(C)S(=O)(=O)c1sccc1Br. The maximum absolute atomic E-state index is 12.0. The third-order valence-corrected chi connectivity index (χ3v) is 6.35. The van der Waals surface area contributed by atoms with Crippen LogP contribution in [0.3, 0.4) is 0 Å². The maximum atomic E-state index is 12.0. The second kappa shape index (κ2) is 5.14. The molecule has 0 bridgehead atoms. The Morgan fingerprint density at radius 3 is 2.67 bits per heavy atom. The molecule has 0 radical (unpaired) electrons. The van der Waals surface area contributed by atoms with Crippen molar-refractivity contribution in [2.45, 2.75) is 16.5 Å². The van der Waals surface area contributed by atoms with Crippen molar-refractivity contribution in [2.24, 2.45) is 0 Å². The summed E-state index contributed by atoms with van der Waals surface area (Å²) in [4.78, 5) is 0. The molecular weight excluding hydrogens is 322 g/mol. The van der Waals surface area contributed by atoms with Gasteiger partial charge >= 0.3 is 0 Å². The lowest BCUT2D eigenvalue weighted by molar-refractivity contribution is 0.472. The molecule has 0 fully saturated rings. The first-order valence-electron chi connectivity index (χ1n) is 4.19. The maximum Gasteiger partial charge on any atom is 0.253 e. The molecule has 3 nitrogen and oxygen atoms in total. The van der Waals surface area contributed by atoms with E-state index in [1.165, 1.54) is 22.7 Å². The molecule has 7 heteroatoms. The van der Waals surface area contributed by atoms with Crippen LogP contribution in [0.4, 0.5) is 0 Å². The van der Waals surface area contributed by atoms with Crippen LogP contribution in [0.2, 0.25) is 0 Å². The summed E-state index contributed by atoms with van der Waals surface area (Å²) in [5.41, 5.74) is 0. The van der Waals surface area contributed by atoms with Gasteiger partial charge < -0.3 is 0 Å². The van der Waals surface area contributed by atoms with Gasteiger partial charge in [-0.1, -0.05) is 0 Å². The Morgan fingerprint density at radius 2 is 2.27 bits per heavy atom. The predicted molar refractivity (Wildman–Crippen MR) is 67.1 cm³/mol. The van der Waals surface area contributed by atoms with Crippen molar-refractivity contribution >= 4 is 48.9 Å². The summed E-state index contributed by atoms with van der Waals surface area (Å²) < 4.78 is 26.2. The topological polar surface area (TPSA) is 37.4 Å². The van der Waals surface area contributed by atoms with Crippen molar-refractivity contribution < 1.29 is 8.42 Å². The van der Waals surface area contributed by atoms with Crippen molar-refractivity contribution in [2.75, 3.05) is 13.6 Å². The van der Waals surface area contributed by atoms with E-state index in [0.717, 1.165) is 0 Å². The second-order valence-corrected chi connectivity index (χ2v) is 7.88. The molecule has 0 saturated carbocycles. The molecule has 0 N–H and O–H groups in total. The zero-order valence-corrected chi connectivity index (χ0v) is 12.3. The zero-order valence-electron chi connectivity index (χ0n) is 8.28. The van der Waals surface area contributed by atoms with Gasteiger partial charge in [-0.3, -0.25) is 0 Å². The second-order valence-electron chi connectivity index (χ2n) is 3.12. The van der Waals surface area contributed by atoms with Gasteiger partial charge in [0.1, 0.15) is 4.21 Å². The largest absolute Gasteiger partial charge is 0.253 e. The van der Waals surface area contributed by atoms with Gasteiger partial charge in [0.05, 0.1) is 0 Å². The number of thiophene rings is 1. The third-order valence-electron chi connectivity index (χ3n) is 1.74. The molecule has 1 rings (SSSR count). The van der Waals surface area contributed by atoms with Crippen LogP contribution in [0.25, 0.3) is 0 Å². The molecule has 86 valence electrons. The number of sulfonamides is 1.